The van der Waals surface area contributed by atoms with Gasteiger partial charge < -0.3 is 10.6 Å². The standard InChI is InChI=1S/C13H19FN2O/c1-3-7-11(15)13(17)16(4-2)12-9-6-5-8-10(12)14/h5-6,8-9,11H,3-4,7,15H2,1-2H3/t11-/m1/s1. The monoisotopic (exact) mass is 238 g/mol. The van der Waals surface area contributed by atoms with Crippen LogP contribution in [-0.2, 0) is 4.79 Å². The second kappa shape index (κ2) is 6.35. The minimum absolute atomic E-state index is 0.223. The molecule has 0 radical (unpaired) electrons. The van der Waals surface area contributed by atoms with Crippen LogP contribution in [0.15, 0.2) is 24.3 Å². The van der Waals surface area contributed by atoms with Crippen LogP contribution < -0.4 is 10.6 Å². The molecule has 94 valence electrons. The molecule has 0 aliphatic carbocycles. The lowest BCUT2D eigenvalue weighted by Gasteiger charge is -2.24. The van der Waals surface area contributed by atoms with Crippen molar-refractivity contribution in [2.24, 2.45) is 5.73 Å². The summed E-state index contributed by atoms with van der Waals surface area (Å²) >= 11 is 0. The van der Waals surface area contributed by atoms with E-state index >= 15 is 0 Å². The van der Waals surface area contributed by atoms with Gasteiger partial charge in [-0.05, 0) is 25.5 Å². The lowest BCUT2D eigenvalue weighted by Crippen LogP contribution is -2.44. The quantitative estimate of drug-likeness (QED) is 0.855. The molecule has 17 heavy (non-hydrogen) atoms. The normalized spacial score (nSPS) is 12.2. The maximum Gasteiger partial charge on any atom is 0.243 e. The molecular formula is C13H19FN2O. The number of carbonyl (C=O) groups excluding carboxylic acids is 1. The van der Waals surface area contributed by atoms with E-state index in [0.717, 1.165) is 6.42 Å². The van der Waals surface area contributed by atoms with Crippen LogP contribution in [0.5, 0.6) is 0 Å². The number of para-hydroxylation sites is 1. The van der Waals surface area contributed by atoms with Crippen molar-refractivity contribution in [1.82, 2.24) is 0 Å². The zero-order valence-corrected chi connectivity index (χ0v) is 10.3. The second-order valence-electron chi connectivity index (χ2n) is 3.93. The fourth-order valence-electron chi connectivity index (χ4n) is 1.75. The molecule has 1 atom stereocenters. The van der Waals surface area contributed by atoms with Crippen molar-refractivity contribution in [3.63, 3.8) is 0 Å². The Morgan fingerprint density at radius 1 is 1.41 bits per heavy atom. The number of carbonyl (C=O) groups is 1. The molecule has 0 aliphatic rings. The van der Waals surface area contributed by atoms with Gasteiger partial charge in [-0.2, -0.15) is 0 Å². The Hall–Kier alpha value is -1.42. The van der Waals surface area contributed by atoms with Gasteiger partial charge in [0.15, 0.2) is 0 Å². The molecule has 1 aromatic carbocycles. The lowest BCUT2D eigenvalue weighted by atomic mass is 10.1. The van der Waals surface area contributed by atoms with Gasteiger partial charge in [0, 0.05) is 6.54 Å². The minimum atomic E-state index is -0.556. The first-order valence-corrected chi connectivity index (χ1v) is 5.93. The maximum atomic E-state index is 13.6. The van der Waals surface area contributed by atoms with Crippen molar-refractivity contribution in [3.8, 4) is 0 Å². The largest absolute Gasteiger partial charge is 0.320 e. The molecule has 1 amide bonds. The van der Waals surface area contributed by atoms with Gasteiger partial charge >= 0.3 is 0 Å². The van der Waals surface area contributed by atoms with Crippen LogP contribution in [0.3, 0.4) is 0 Å². The molecule has 2 N–H and O–H groups in total. The Labute approximate surface area is 101 Å². The number of hydrogen-bond donors (Lipinski definition) is 1. The molecule has 4 heteroatoms. The van der Waals surface area contributed by atoms with Crippen LogP contribution in [0.4, 0.5) is 10.1 Å². The molecule has 1 aromatic rings. The number of hydrogen-bond acceptors (Lipinski definition) is 2. The molecule has 0 heterocycles. The summed E-state index contributed by atoms with van der Waals surface area (Å²) in [5, 5.41) is 0. The molecule has 0 spiro atoms. The number of nitrogens with zero attached hydrogens (tertiary/aromatic N) is 1. The van der Waals surface area contributed by atoms with E-state index in [-0.39, 0.29) is 5.91 Å². The molecule has 0 saturated heterocycles. The fourth-order valence-corrected chi connectivity index (χ4v) is 1.75. The summed E-state index contributed by atoms with van der Waals surface area (Å²) in [4.78, 5) is 13.4. The third-order valence-electron chi connectivity index (χ3n) is 2.64. The smallest absolute Gasteiger partial charge is 0.243 e. The van der Waals surface area contributed by atoms with E-state index < -0.39 is 11.9 Å². The van der Waals surface area contributed by atoms with Crippen LogP contribution in [0.25, 0.3) is 0 Å². The maximum absolute atomic E-state index is 13.6. The van der Waals surface area contributed by atoms with Crippen molar-refractivity contribution in [3.05, 3.63) is 30.1 Å². The van der Waals surface area contributed by atoms with Gasteiger partial charge in [0.2, 0.25) is 5.91 Å². The SMILES string of the molecule is CCC[C@@H](N)C(=O)N(CC)c1ccccc1F. The zero-order valence-electron chi connectivity index (χ0n) is 10.3. The molecule has 0 aliphatic heterocycles. The number of likely N-dealkylation sites (N-methyl/N-ethyl adjacent to an activating group) is 1. The van der Waals surface area contributed by atoms with Crippen LogP contribution in [-0.4, -0.2) is 18.5 Å². The van der Waals surface area contributed by atoms with Gasteiger partial charge in [-0.1, -0.05) is 25.5 Å². The van der Waals surface area contributed by atoms with E-state index in [1.54, 1.807) is 18.2 Å². The van der Waals surface area contributed by atoms with Gasteiger partial charge in [0.25, 0.3) is 0 Å². The molecule has 0 unspecified atom stereocenters. The summed E-state index contributed by atoms with van der Waals surface area (Å²) in [5.74, 6) is -0.620. The summed E-state index contributed by atoms with van der Waals surface area (Å²) in [7, 11) is 0. The average Bonchev–Trinajstić information content (AvgIpc) is 2.32. The van der Waals surface area contributed by atoms with Gasteiger partial charge in [0.1, 0.15) is 5.82 Å². The minimum Gasteiger partial charge on any atom is -0.320 e. The highest BCUT2D eigenvalue weighted by atomic mass is 19.1. The van der Waals surface area contributed by atoms with E-state index in [4.69, 9.17) is 5.73 Å². The molecule has 0 bridgehead atoms. The van der Waals surface area contributed by atoms with Crippen LogP contribution in [0.2, 0.25) is 0 Å². The van der Waals surface area contributed by atoms with Gasteiger partial charge in [-0.25, -0.2) is 4.39 Å². The third-order valence-corrected chi connectivity index (χ3v) is 2.64. The van der Waals surface area contributed by atoms with E-state index in [0.29, 0.717) is 18.7 Å². The molecule has 0 saturated carbocycles. The second-order valence-corrected chi connectivity index (χ2v) is 3.93. The Morgan fingerprint density at radius 3 is 2.59 bits per heavy atom. The summed E-state index contributed by atoms with van der Waals surface area (Å²) < 4.78 is 13.6. The number of halogens is 1. The van der Waals surface area contributed by atoms with Crippen LogP contribution >= 0.6 is 0 Å². The molecule has 0 aromatic heterocycles. The van der Waals surface area contributed by atoms with Crippen molar-refractivity contribution in [2.45, 2.75) is 32.7 Å². The average molecular weight is 238 g/mol. The van der Waals surface area contributed by atoms with Gasteiger partial charge in [0.05, 0.1) is 11.7 Å². The van der Waals surface area contributed by atoms with E-state index in [1.807, 2.05) is 13.8 Å². The van der Waals surface area contributed by atoms with Crippen molar-refractivity contribution >= 4 is 11.6 Å². The van der Waals surface area contributed by atoms with Crippen molar-refractivity contribution in [2.75, 3.05) is 11.4 Å². The molecule has 0 fully saturated rings. The summed E-state index contributed by atoms with van der Waals surface area (Å²) in [6.45, 7) is 4.19. The zero-order chi connectivity index (χ0) is 12.8. The lowest BCUT2D eigenvalue weighted by molar-refractivity contribution is -0.120. The topological polar surface area (TPSA) is 46.3 Å². The summed E-state index contributed by atoms with van der Waals surface area (Å²) in [6, 6.07) is 5.69. The Balaban J connectivity index is 2.92. The first-order valence-electron chi connectivity index (χ1n) is 5.93. The number of benzene rings is 1. The summed E-state index contributed by atoms with van der Waals surface area (Å²) in [6.07, 6.45) is 1.45. The van der Waals surface area contributed by atoms with Crippen LogP contribution in [0.1, 0.15) is 26.7 Å². The van der Waals surface area contributed by atoms with Crippen molar-refractivity contribution < 1.29 is 9.18 Å². The van der Waals surface area contributed by atoms with Crippen LogP contribution in [0, 0.1) is 5.82 Å². The van der Waals surface area contributed by atoms with Gasteiger partial charge in [-0.3, -0.25) is 4.79 Å². The molecule has 3 nitrogen and oxygen atoms in total. The number of anilines is 1. The number of amides is 1. The highest BCUT2D eigenvalue weighted by Crippen LogP contribution is 2.19. The summed E-state index contributed by atoms with van der Waals surface area (Å²) in [5.41, 5.74) is 6.08. The molecule has 1 rings (SSSR count). The third kappa shape index (κ3) is 3.27. The van der Waals surface area contributed by atoms with E-state index in [2.05, 4.69) is 0 Å². The van der Waals surface area contributed by atoms with Gasteiger partial charge in [-0.15, -0.1) is 0 Å². The number of rotatable bonds is 5. The van der Waals surface area contributed by atoms with E-state index in [9.17, 15) is 9.18 Å². The Kier molecular flexibility index (Phi) is 5.10. The first kappa shape index (κ1) is 13.6. The Bertz CT molecular complexity index is 381. The Morgan fingerprint density at radius 2 is 2.06 bits per heavy atom. The fraction of sp³-hybridized carbons (Fsp3) is 0.462. The predicted octanol–water partition coefficient (Wildman–Crippen LogP) is 2.31. The van der Waals surface area contributed by atoms with Crippen molar-refractivity contribution in [1.29, 1.82) is 0 Å². The predicted molar refractivity (Wildman–Crippen MR) is 67.3 cm³/mol. The highest BCUT2D eigenvalue weighted by Gasteiger charge is 2.22. The first-order chi connectivity index (χ1) is 8.11. The molecular weight excluding hydrogens is 219 g/mol. The highest BCUT2D eigenvalue weighted by molar-refractivity contribution is 5.97. The number of nitrogens with two attached hydrogens (primary N) is 1. The van der Waals surface area contributed by atoms with E-state index in [1.165, 1.54) is 11.0 Å².